The lowest BCUT2D eigenvalue weighted by Crippen LogP contribution is -1.86. The Hall–Kier alpha value is -1.08. The molecule has 0 aromatic heterocycles. The molecule has 0 saturated heterocycles. The Morgan fingerprint density at radius 1 is 1.11 bits per heavy atom. The minimum absolute atomic E-state index is 0.435. The Morgan fingerprint density at radius 3 is 2.39 bits per heavy atom. The van der Waals surface area contributed by atoms with Crippen LogP contribution in [0.4, 0.5) is 0 Å². The first kappa shape index (κ1) is 15.0. The van der Waals surface area contributed by atoms with Crippen molar-refractivity contribution in [3.8, 4) is 0 Å². The topological polar surface area (TPSA) is 17.1 Å². The predicted octanol–water partition coefficient (Wildman–Crippen LogP) is 4.98. The minimum atomic E-state index is -0.435. The van der Waals surface area contributed by atoms with Crippen molar-refractivity contribution in [1.82, 2.24) is 0 Å². The van der Waals surface area contributed by atoms with Crippen LogP contribution in [0.25, 0.3) is 6.08 Å². The van der Waals surface area contributed by atoms with E-state index in [9.17, 15) is 4.79 Å². The first-order valence-corrected chi connectivity index (χ1v) is 7.06. The van der Waals surface area contributed by atoms with E-state index >= 15 is 0 Å². The van der Waals surface area contributed by atoms with Gasteiger partial charge in [-0.1, -0.05) is 62.9 Å². The molecule has 0 atom stereocenters. The Labute approximate surface area is 115 Å². The summed E-state index contributed by atoms with van der Waals surface area (Å²) in [5.74, 6) is 0. The van der Waals surface area contributed by atoms with Gasteiger partial charge in [0.2, 0.25) is 5.24 Å². The summed E-state index contributed by atoms with van der Waals surface area (Å²) in [6.45, 7) is 2.23. The molecule has 0 bridgehead atoms. The zero-order valence-corrected chi connectivity index (χ0v) is 11.7. The second-order valence-corrected chi connectivity index (χ2v) is 4.92. The molecule has 1 aromatic rings. The van der Waals surface area contributed by atoms with Crippen LogP contribution >= 0.6 is 11.6 Å². The fraction of sp³-hybridized carbons (Fsp3) is 0.438. The standard InChI is InChI=1S/C16H21ClO/c1-2-3-4-5-6-7-14-8-10-15(11-9-14)12-13-16(17)18/h8-13H,2-7H2,1H3/b13-12+. The molecule has 0 aliphatic heterocycles. The van der Waals surface area contributed by atoms with Crippen molar-refractivity contribution in [3.63, 3.8) is 0 Å². The number of carbonyl (C=O) groups is 1. The molecular weight excluding hydrogens is 244 g/mol. The summed E-state index contributed by atoms with van der Waals surface area (Å²) in [6, 6.07) is 8.30. The van der Waals surface area contributed by atoms with Crippen molar-refractivity contribution in [3.05, 3.63) is 41.5 Å². The lowest BCUT2D eigenvalue weighted by atomic mass is 10.0. The lowest BCUT2D eigenvalue weighted by molar-refractivity contribution is -0.107. The molecule has 1 nitrogen and oxygen atoms in total. The van der Waals surface area contributed by atoms with Crippen LogP contribution in [0.3, 0.4) is 0 Å². The molecule has 0 saturated carbocycles. The van der Waals surface area contributed by atoms with Gasteiger partial charge in [-0.3, -0.25) is 4.79 Å². The first-order valence-electron chi connectivity index (χ1n) is 6.69. The first-order chi connectivity index (χ1) is 8.72. The monoisotopic (exact) mass is 264 g/mol. The fourth-order valence-corrected chi connectivity index (χ4v) is 1.95. The highest BCUT2D eigenvalue weighted by Crippen LogP contribution is 2.11. The molecule has 0 aliphatic rings. The smallest absolute Gasteiger partial charge is 0.245 e. The molecule has 0 heterocycles. The summed E-state index contributed by atoms with van der Waals surface area (Å²) in [4.78, 5) is 10.6. The van der Waals surface area contributed by atoms with E-state index in [4.69, 9.17) is 11.6 Å². The number of unbranched alkanes of at least 4 members (excludes halogenated alkanes) is 4. The van der Waals surface area contributed by atoms with Crippen molar-refractivity contribution in [2.45, 2.75) is 45.4 Å². The fourth-order valence-electron chi connectivity index (χ4n) is 1.89. The number of aryl methyl sites for hydroxylation is 1. The minimum Gasteiger partial charge on any atom is -0.276 e. The second kappa shape index (κ2) is 8.93. The highest BCUT2D eigenvalue weighted by Gasteiger charge is 1.94. The number of carbonyl (C=O) groups excluding carboxylic acids is 1. The summed E-state index contributed by atoms with van der Waals surface area (Å²) < 4.78 is 0. The molecule has 0 spiro atoms. The number of hydrogen-bond donors (Lipinski definition) is 0. The van der Waals surface area contributed by atoms with E-state index in [1.54, 1.807) is 6.08 Å². The molecule has 2 heteroatoms. The Kier molecular flexibility index (Phi) is 7.43. The van der Waals surface area contributed by atoms with Crippen molar-refractivity contribution in [1.29, 1.82) is 0 Å². The number of benzene rings is 1. The molecule has 1 aromatic carbocycles. The highest BCUT2D eigenvalue weighted by molar-refractivity contribution is 6.66. The lowest BCUT2D eigenvalue weighted by Gasteiger charge is -2.02. The molecule has 0 fully saturated rings. The second-order valence-electron chi connectivity index (χ2n) is 4.54. The molecular formula is C16H21ClO. The van der Waals surface area contributed by atoms with Crippen molar-refractivity contribution in [2.24, 2.45) is 0 Å². The number of halogens is 1. The van der Waals surface area contributed by atoms with E-state index in [2.05, 4.69) is 19.1 Å². The zero-order chi connectivity index (χ0) is 13.2. The molecule has 0 N–H and O–H groups in total. The molecule has 1 rings (SSSR count). The SMILES string of the molecule is CCCCCCCc1ccc(/C=C/C(=O)Cl)cc1. The van der Waals surface area contributed by atoms with Gasteiger partial charge in [0.25, 0.3) is 0 Å². The molecule has 18 heavy (non-hydrogen) atoms. The zero-order valence-electron chi connectivity index (χ0n) is 11.0. The van der Waals surface area contributed by atoms with E-state index in [0.717, 1.165) is 12.0 Å². The van der Waals surface area contributed by atoms with Gasteiger partial charge in [-0.05, 0) is 41.6 Å². The van der Waals surface area contributed by atoms with Gasteiger partial charge in [0.05, 0.1) is 0 Å². The summed E-state index contributed by atoms with van der Waals surface area (Å²) in [5, 5.41) is -0.435. The van der Waals surface area contributed by atoms with Gasteiger partial charge in [0.15, 0.2) is 0 Å². The van der Waals surface area contributed by atoms with Crippen LogP contribution in [0, 0.1) is 0 Å². The summed E-state index contributed by atoms with van der Waals surface area (Å²) in [7, 11) is 0. The van der Waals surface area contributed by atoms with Gasteiger partial charge in [0, 0.05) is 0 Å². The van der Waals surface area contributed by atoms with Crippen LogP contribution in [0.5, 0.6) is 0 Å². The number of allylic oxidation sites excluding steroid dienone is 1. The Bertz CT molecular complexity index is 379. The normalized spacial score (nSPS) is 11.0. The third-order valence-corrected chi connectivity index (χ3v) is 3.08. The van der Waals surface area contributed by atoms with Crippen LogP contribution in [0.2, 0.25) is 0 Å². The van der Waals surface area contributed by atoms with Gasteiger partial charge in [0.1, 0.15) is 0 Å². The van der Waals surface area contributed by atoms with E-state index in [1.807, 2.05) is 12.1 Å². The summed E-state index contributed by atoms with van der Waals surface area (Å²) >= 11 is 5.24. The van der Waals surface area contributed by atoms with E-state index in [0.29, 0.717) is 0 Å². The predicted molar refractivity (Wildman–Crippen MR) is 78.8 cm³/mol. The van der Waals surface area contributed by atoms with E-state index in [1.165, 1.54) is 43.7 Å². The maximum absolute atomic E-state index is 10.6. The van der Waals surface area contributed by atoms with Crippen LogP contribution in [-0.4, -0.2) is 5.24 Å². The van der Waals surface area contributed by atoms with Gasteiger partial charge in [-0.15, -0.1) is 0 Å². The molecule has 0 unspecified atom stereocenters. The summed E-state index contributed by atoms with van der Waals surface area (Å²) in [5.41, 5.74) is 2.37. The van der Waals surface area contributed by atoms with Gasteiger partial charge >= 0.3 is 0 Å². The van der Waals surface area contributed by atoms with Crippen LogP contribution in [-0.2, 0) is 11.2 Å². The molecule has 98 valence electrons. The highest BCUT2D eigenvalue weighted by atomic mass is 35.5. The largest absolute Gasteiger partial charge is 0.276 e. The third kappa shape index (κ3) is 6.61. The van der Waals surface area contributed by atoms with Crippen LogP contribution < -0.4 is 0 Å². The van der Waals surface area contributed by atoms with Crippen LogP contribution in [0.1, 0.15) is 50.2 Å². The maximum Gasteiger partial charge on any atom is 0.245 e. The molecule has 0 radical (unpaired) electrons. The van der Waals surface area contributed by atoms with Crippen molar-refractivity contribution < 1.29 is 4.79 Å². The average molecular weight is 265 g/mol. The third-order valence-electron chi connectivity index (χ3n) is 2.96. The average Bonchev–Trinajstić information content (AvgIpc) is 2.37. The van der Waals surface area contributed by atoms with Gasteiger partial charge in [-0.2, -0.15) is 0 Å². The van der Waals surface area contributed by atoms with Crippen LogP contribution in [0.15, 0.2) is 30.3 Å². The quantitative estimate of drug-likeness (QED) is 0.368. The van der Waals surface area contributed by atoms with E-state index in [-0.39, 0.29) is 0 Å². The molecule has 0 aliphatic carbocycles. The van der Waals surface area contributed by atoms with Gasteiger partial charge in [-0.25, -0.2) is 0 Å². The van der Waals surface area contributed by atoms with E-state index < -0.39 is 5.24 Å². The Morgan fingerprint density at radius 2 is 1.78 bits per heavy atom. The maximum atomic E-state index is 10.6. The number of rotatable bonds is 8. The van der Waals surface area contributed by atoms with Gasteiger partial charge < -0.3 is 0 Å². The summed E-state index contributed by atoms with van der Waals surface area (Å²) in [6.07, 6.45) is 10.8. The number of hydrogen-bond acceptors (Lipinski definition) is 1. The molecule has 0 amide bonds. The Balaban J connectivity index is 2.34. The van der Waals surface area contributed by atoms with Crippen molar-refractivity contribution >= 4 is 22.9 Å². The van der Waals surface area contributed by atoms with Crippen molar-refractivity contribution in [2.75, 3.05) is 0 Å².